The first-order valence-electron chi connectivity index (χ1n) is 6.37. The van der Waals surface area contributed by atoms with Crippen LogP contribution in [-0.4, -0.2) is 15.4 Å². The van der Waals surface area contributed by atoms with Crippen LogP contribution in [0.25, 0.3) is 0 Å². The zero-order valence-corrected chi connectivity index (χ0v) is 12.6. The summed E-state index contributed by atoms with van der Waals surface area (Å²) in [5.74, 6) is 0.464. The van der Waals surface area contributed by atoms with Crippen molar-refractivity contribution in [2.45, 2.75) is 12.7 Å². The monoisotopic (exact) mass is 304 g/mol. The molecule has 0 aliphatic rings. The van der Waals surface area contributed by atoms with Crippen molar-refractivity contribution in [1.82, 2.24) is 0 Å². The molecule has 2 aromatic rings. The van der Waals surface area contributed by atoms with Crippen molar-refractivity contribution in [3.8, 4) is 0 Å². The number of nitrogens with one attached hydrogen (secondary N) is 1. The zero-order chi connectivity index (χ0) is 15.4. The number of hydrogen-bond acceptors (Lipinski definition) is 4. The first kappa shape index (κ1) is 15.2. The summed E-state index contributed by atoms with van der Waals surface area (Å²) in [7, 11) is -0.922. The highest BCUT2D eigenvalue weighted by Crippen LogP contribution is 2.28. The molecule has 0 fully saturated rings. The number of nitrogens with zero attached hydrogens (tertiary/aromatic N) is 1. The highest BCUT2D eigenvalue weighted by Gasteiger charge is 2.13. The normalized spacial score (nSPS) is 11.9. The molecule has 0 aliphatic heterocycles. The van der Waals surface area contributed by atoms with E-state index in [1.54, 1.807) is 12.3 Å². The lowest BCUT2D eigenvalue weighted by Crippen LogP contribution is -1.99. The molecule has 2 rings (SSSR count). The highest BCUT2D eigenvalue weighted by atomic mass is 32.2. The smallest absolute Gasteiger partial charge is 0.292 e. The highest BCUT2D eigenvalue weighted by molar-refractivity contribution is 7.83. The second kappa shape index (κ2) is 6.49. The minimum atomic E-state index is -0.922. The van der Waals surface area contributed by atoms with Gasteiger partial charge < -0.3 is 5.32 Å². The van der Waals surface area contributed by atoms with Crippen molar-refractivity contribution < 1.29 is 9.13 Å². The Hall–Kier alpha value is -2.21. The molecule has 0 aliphatic carbocycles. The molecule has 21 heavy (non-hydrogen) atoms. The Balaban J connectivity index is 2.30. The SMILES string of the molecule is Cc1ccc(Nc2cccc(CS(C)=O)c2)c([N+](=O)[O-])c1. The second-order valence-corrected chi connectivity index (χ2v) is 6.26. The topological polar surface area (TPSA) is 72.2 Å². The van der Waals surface area contributed by atoms with Crippen LogP contribution in [0.2, 0.25) is 0 Å². The summed E-state index contributed by atoms with van der Waals surface area (Å²) < 4.78 is 11.3. The molecule has 0 amide bonds. The van der Waals surface area contributed by atoms with Crippen molar-refractivity contribution in [2.75, 3.05) is 11.6 Å². The third kappa shape index (κ3) is 4.13. The van der Waals surface area contributed by atoms with Gasteiger partial charge in [-0.2, -0.15) is 0 Å². The van der Waals surface area contributed by atoms with Crippen LogP contribution in [-0.2, 0) is 16.6 Å². The van der Waals surface area contributed by atoms with Gasteiger partial charge in [0.1, 0.15) is 5.69 Å². The Kier molecular flexibility index (Phi) is 4.70. The molecule has 0 radical (unpaired) electrons. The standard InChI is InChI=1S/C15H16N2O3S/c1-11-6-7-14(15(8-11)17(18)19)16-13-5-3-4-12(9-13)10-21(2)20/h3-9,16H,10H2,1-2H3. The first-order valence-corrected chi connectivity index (χ1v) is 8.09. The number of anilines is 2. The fourth-order valence-corrected chi connectivity index (χ4v) is 2.68. The minimum absolute atomic E-state index is 0.0412. The summed E-state index contributed by atoms with van der Waals surface area (Å²) in [6, 6.07) is 12.4. The van der Waals surface area contributed by atoms with Crippen LogP contribution < -0.4 is 5.32 Å². The minimum Gasteiger partial charge on any atom is -0.350 e. The lowest BCUT2D eigenvalue weighted by molar-refractivity contribution is -0.384. The lowest BCUT2D eigenvalue weighted by atomic mass is 10.1. The quantitative estimate of drug-likeness (QED) is 0.677. The van der Waals surface area contributed by atoms with E-state index in [0.29, 0.717) is 11.4 Å². The summed E-state index contributed by atoms with van der Waals surface area (Å²) in [4.78, 5) is 10.7. The summed E-state index contributed by atoms with van der Waals surface area (Å²) in [6.07, 6.45) is 1.64. The molecule has 0 aromatic heterocycles. The molecular weight excluding hydrogens is 288 g/mol. The summed E-state index contributed by atoms with van der Waals surface area (Å²) >= 11 is 0. The van der Waals surface area contributed by atoms with E-state index in [0.717, 1.165) is 16.8 Å². The predicted molar refractivity (Wildman–Crippen MR) is 85.3 cm³/mol. The van der Waals surface area contributed by atoms with Crippen LogP contribution in [0.5, 0.6) is 0 Å². The van der Waals surface area contributed by atoms with E-state index in [-0.39, 0.29) is 5.69 Å². The zero-order valence-electron chi connectivity index (χ0n) is 11.8. The van der Waals surface area contributed by atoms with Gasteiger partial charge in [-0.1, -0.05) is 18.2 Å². The Bertz CT molecular complexity index is 701. The molecule has 1 atom stereocenters. The molecule has 5 nitrogen and oxygen atoms in total. The van der Waals surface area contributed by atoms with Crippen molar-refractivity contribution in [3.05, 3.63) is 63.7 Å². The van der Waals surface area contributed by atoms with Gasteiger partial charge >= 0.3 is 0 Å². The van der Waals surface area contributed by atoms with Crippen LogP contribution in [0.1, 0.15) is 11.1 Å². The van der Waals surface area contributed by atoms with Crippen LogP contribution in [0.3, 0.4) is 0 Å². The van der Waals surface area contributed by atoms with Gasteiger partial charge in [-0.25, -0.2) is 0 Å². The van der Waals surface area contributed by atoms with Gasteiger partial charge in [-0.15, -0.1) is 0 Å². The van der Waals surface area contributed by atoms with E-state index in [9.17, 15) is 14.3 Å². The van der Waals surface area contributed by atoms with Gasteiger partial charge in [0, 0.05) is 34.6 Å². The van der Waals surface area contributed by atoms with E-state index in [1.165, 1.54) is 6.07 Å². The maximum Gasteiger partial charge on any atom is 0.292 e. The van der Waals surface area contributed by atoms with Gasteiger partial charge in [0.05, 0.1) is 4.92 Å². The number of nitro groups is 1. The molecule has 0 spiro atoms. The van der Waals surface area contributed by atoms with Crippen LogP contribution in [0.15, 0.2) is 42.5 Å². The molecule has 0 saturated carbocycles. The van der Waals surface area contributed by atoms with Crippen molar-refractivity contribution in [3.63, 3.8) is 0 Å². The van der Waals surface area contributed by atoms with E-state index >= 15 is 0 Å². The Labute approximate surface area is 125 Å². The molecule has 0 heterocycles. The average Bonchev–Trinajstić information content (AvgIpc) is 2.40. The molecule has 2 aromatic carbocycles. The second-order valence-electron chi connectivity index (χ2n) is 4.82. The number of nitro benzene ring substituents is 1. The number of benzene rings is 2. The van der Waals surface area contributed by atoms with Gasteiger partial charge in [-0.05, 0) is 36.2 Å². The Morgan fingerprint density at radius 1 is 1.24 bits per heavy atom. The molecule has 0 saturated heterocycles. The van der Waals surface area contributed by atoms with Crippen LogP contribution in [0, 0.1) is 17.0 Å². The van der Waals surface area contributed by atoms with E-state index in [4.69, 9.17) is 0 Å². The van der Waals surface area contributed by atoms with Gasteiger partial charge in [0.2, 0.25) is 0 Å². The summed E-state index contributed by atoms with van der Waals surface area (Å²) in [6.45, 7) is 1.81. The maximum absolute atomic E-state index is 11.3. The van der Waals surface area contributed by atoms with Crippen molar-refractivity contribution in [1.29, 1.82) is 0 Å². The van der Waals surface area contributed by atoms with Crippen molar-refractivity contribution >= 4 is 27.9 Å². The fraction of sp³-hybridized carbons (Fsp3) is 0.200. The number of aryl methyl sites for hydroxylation is 1. The Morgan fingerprint density at radius 2 is 2.00 bits per heavy atom. The maximum atomic E-state index is 11.3. The number of rotatable bonds is 5. The summed E-state index contributed by atoms with van der Waals surface area (Å²) in [5, 5.41) is 14.2. The van der Waals surface area contributed by atoms with Gasteiger partial charge in [-0.3, -0.25) is 14.3 Å². The lowest BCUT2D eigenvalue weighted by Gasteiger charge is -2.09. The average molecular weight is 304 g/mol. The molecule has 6 heteroatoms. The van der Waals surface area contributed by atoms with Gasteiger partial charge in [0.25, 0.3) is 5.69 Å². The molecule has 0 bridgehead atoms. The van der Waals surface area contributed by atoms with Crippen molar-refractivity contribution in [2.24, 2.45) is 0 Å². The van der Waals surface area contributed by atoms with Crippen LogP contribution >= 0.6 is 0 Å². The molecule has 110 valence electrons. The summed E-state index contributed by atoms with van der Waals surface area (Å²) in [5.41, 5.74) is 2.99. The molecule has 1 N–H and O–H groups in total. The molecule has 1 unspecified atom stereocenters. The first-order chi connectivity index (χ1) is 9.95. The third-order valence-corrected chi connectivity index (χ3v) is 3.67. The number of hydrogen-bond donors (Lipinski definition) is 1. The third-order valence-electron chi connectivity index (χ3n) is 2.93. The van der Waals surface area contributed by atoms with E-state index in [1.807, 2.05) is 37.3 Å². The van der Waals surface area contributed by atoms with Gasteiger partial charge in [0.15, 0.2) is 0 Å². The predicted octanol–water partition coefficient (Wildman–Crippen LogP) is 3.53. The van der Waals surface area contributed by atoms with E-state index in [2.05, 4.69) is 5.32 Å². The molecular formula is C15H16N2O3S. The fourth-order valence-electron chi connectivity index (χ4n) is 2.03. The van der Waals surface area contributed by atoms with E-state index < -0.39 is 15.7 Å². The van der Waals surface area contributed by atoms with Crippen LogP contribution in [0.4, 0.5) is 17.1 Å². The largest absolute Gasteiger partial charge is 0.350 e. The Morgan fingerprint density at radius 3 is 2.67 bits per heavy atom.